The van der Waals surface area contributed by atoms with Gasteiger partial charge in [0.25, 0.3) is 0 Å². The summed E-state index contributed by atoms with van der Waals surface area (Å²) < 4.78 is 7.10. The molecule has 1 aliphatic heterocycles. The number of hydrogen-bond donors (Lipinski definition) is 1. The average Bonchev–Trinajstić information content (AvgIpc) is 3.05. The maximum Gasteiger partial charge on any atom is 0.237 e. The molecule has 1 saturated heterocycles. The van der Waals surface area contributed by atoms with Crippen molar-refractivity contribution in [2.24, 2.45) is 0 Å². The molecule has 1 amide bonds. The van der Waals surface area contributed by atoms with Gasteiger partial charge in [0.2, 0.25) is 5.91 Å². The van der Waals surface area contributed by atoms with Crippen LogP contribution >= 0.6 is 0 Å². The molecule has 7 nitrogen and oxygen atoms in total. The van der Waals surface area contributed by atoms with Crippen LogP contribution in [0.2, 0.25) is 0 Å². The van der Waals surface area contributed by atoms with Gasteiger partial charge in [0, 0.05) is 33.0 Å². The van der Waals surface area contributed by atoms with Crippen LogP contribution in [0.5, 0.6) is 0 Å². The molecule has 7 heteroatoms. The second-order valence-electron chi connectivity index (χ2n) is 6.97. The summed E-state index contributed by atoms with van der Waals surface area (Å²) in [7, 11) is 1.68. The largest absolute Gasteiger partial charge is 0.384 e. The Morgan fingerprint density at radius 3 is 2.78 bits per heavy atom. The molecule has 1 N–H and O–H groups in total. The Labute approximate surface area is 160 Å². The summed E-state index contributed by atoms with van der Waals surface area (Å²) >= 11 is 0. The zero-order chi connectivity index (χ0) is 19.2. The highest BCUT2D eigenvalue weighted by Crippen LogP contribution is 2.14. The molecule has 2 aromatic rings. The molecular weight excluding hydrogens is 342 g/mol. The Morgan fingerprint density at radius 1 is 1.30 bits per heavy atom. The zero-order valence-corrected chi connectivity index (χ0v) is 16.4. The molecule has 0 bridgehead atoms. The molecule has 0 spiro atoms. The molecule has 1 atom stereocenters. The van der Waals surface area contributed by atoms with Crippen LogP contribution in [0.15, 0.2) is 24.3 Å². The number of aryl methyl sites for hydroxylation is 1. The Morgan fingerprint density at radius 2 is 2.07 bits per heavy atom. The van der Waals surface area contributed by atoms with E-state index < -0.39 is 0 Å². The van der Waals surface area contributed by atoms with E-state index >= 15 is 0 Å². The van der Waals surface area contributed by atoms with Crippen molar-refractivity contribution in [3.8, 4) is 0 Å². The Hall–Kier alpha value is -2.25. The Kier molecular flexibility index (Phi) is 6.58. The summed E-state index contributed by atoms with van der Waals surface area (Å²) in [6, 6.07) is 8.24. The topological polar surface area (TPSA) is 72.3 Å². The van der Waals surface area contributed by atoms with Gasteiger partial charge in [-0.05, 0) is 19.0 Å². The number of piperazine rings is 1. The predicted octanol–water partition coefficient (Wildman–Crippen LogP) is 1.19. The quantitative estimate of drug-likeness (QED) is 0.755. The van der Waals surface area contributed by atoms with Gasteiger partial charge in [-0.1, -0.05) is 36.8 Å². The molecular formula is C20H29N5O2. The van der Waals surface area contributed by atoms with Gasteiger partial charge in [-0.15, -0.1) is 0 Å². The second-order valence-corrected chi connectivity index (χ2v) is 6.97. The predicted molar refractivity (Wildman–Crippen MR) is 104 cm³/mol. The van der Waals surface area contributed by atoms with Gasteiger partial charge in [-0.3, -0.25) is 9.69 Å². The van der Waals surface area contributed by atoms with Crippen molar-refractivity contribution < 1.29 is 9.53 Å². The molecule has 3 rings (SSSR count). The highest BCUT2D eigenvalue weighted by Gasteiger charge is 2.30. The fourth-order valence-electron chi connectivity index (χ4n) is 3.40. The fraction of sp³-hybridized carbons (Fsp3) is 0.550. The van der Waals surface area contributed by atoms with Gasteiger partial charge < -0.3 is 10.1 Å². The van der Waals surface area contributed by atoms with Crippen molar-refractivity contribution in [1.82, 2.24) is 25.0 Å². The molecule has 0 saturated carbocycles. The highest BCUT2D eigenvalue weighted by molar-refractivity contribution is 5.82. The van der Waals surface area contributed by atoms with E-state index in [1.165, 1.54) is 11.1 Å². The van der Waals surface area contributed by atoms with E-state index in [0.29, 0.717) is 32.5 Å². The van der Waals surface area contributed by atoms with Crippen molar-refractivity contribution in [1.29, 1.82) is 0 Å². The third-order valence-corrected chi connectivity index (χ3v) is 5.00. The summed E-state index contributed by atoms with van der Waals surface area (Å²) in [5, 5.41) is 7.66. The molecule has 146 valence electrons. The Balaban J connectivity index is 1.83. The molecule has 0 aliphatic carbocycles. The van der Waals surface area contributed by atoms with Crippen LogP contribution in [-0.2, 0) is 28.9 Å². The number of amides is 1. The standard InChI is InChI=1S/C20H29N5O2/c1-4-24-11-10-21-20(26)17(24)13-19-22-18(9-12-27-3)23-25(19)14-16-7-5-15(2)6-8-16/h5-8,17H,4,9-14H2,1-3H3,(H,21,26). The van der Waals surface area contributed by atoms with E-state index in [0.717, 1.165) is 24.7 Å². The van der Waals surface area contributed by atoms with E-state index in [9.17, 15) is 4.79 Å². The van der Waals surface area contributed by atoms with Crippen molar-refractivity contribution in [2.45, 2.75) is 39.3 Å². The first-order valence-corrected chi connectivity index (χ1v) is 9.59. The van der Waals surface area contributed by atoms with Crippen molar-refractivity contribution in [3.05, 3.63) is 47.0 Å². The molecule has 1 aliphatic rings. The zero-order valence-electron chi connectivity index (χ0n) is 16.4. The van der Waals surface area contributed by atoms with E-state index in [2.05, 4.69) is 53.4 Å². The molecule has 1 aromatic heterocycles. The first-order valence-electron chi connectivity index (χ1n) is 9.59. The normalized spacial score (nSPS) is 17.9. The second kappa shape index (κ2) is 9.10. The number of methoxy groups -OCH3 is 1. The van der Waals surface area contributed by atoms with E-state index in [4.69, 9.17) is 9.72 Å². The van der Waals surface area contributed by atoms with Crippen LogP contribution in [0.25, 0.3) is 0 Å². The van der Waals surface area contributed by atoms with Crippen LogP contribution in [-0.4, -0.2) is 65.0 Å². The van der Waals surface area contributed by atoms with E-state index in [-0.39, 0.29) is 11.9 Å². The summed E-state index contributed by atoms with van der Waals surface area (Å²) in [5.41, 5.74) is 2.40. The molecule has 1 fully saturated rings. The van der Waals surface area contributed by atoms with Gasteiger partial charge >= 0.3 is 0 Å². The van der Waals surface area contributed by atoms with E-state index in [1.807, 2.05) is 4.68 Å². The summed E-state index contributed by atoms with van der Waals surface area (Å²) in [6.45, 7) is 7.82. The molecule has 0 radical (unpaired) electrons. The number of nitrogens with zero attached hydrogens (tertiary/aromatic N) is 4. The smallest absolute Gasteiger partial charge is 0.237 e. The lowest BCUT2D eigenvalue weighted by Gasteiger charge is -2.33. The number of benzene rings is 1. The number of carbonyl (C=O) groups excluding carboxylic acids is 1. The number of aromatic nitrogens is 3. The van der Waals surface area contributed by atoms with Gasteiger partial charge in [0.15, 0.2) is 5.82 Å². The van der Waals surface area contributed by atoms with Crippen LogP contribution in [0.4, 0.5) is 0 Å². The number of likely N-dealkylation sites (N-methyl/N-ethyl adjacent to an activating group) is 1. The lowest BCUT2D eigenvalue weighted by Crippen LogP contribution is -2.56. The minimum atomic E-state index is -0.194. The SMILES string of the molecule is CCN1CCNC(=O)C1Cc1nc(CCOC)nn1Cc1ccc(C)cc1. The molecule has 1 unspecified atom stereocenters. The third-order valence-electron chi connectivity index (χ3n) is 5.00. The minimum absolute atomic E-state index is 0.0754. The van der Waals surface area contributed by atoms with Crippen molar-refractivity contribution in [2.75, 3.05) is 33.4 Å². The maximum atomic E-state index is 12.4. The van der Waals surface area contributed by atoms with Gasteiger partial charge in [0.1, 0.15) is 5.82 Å². The van der Waals surface area contributed by atoms with Gasteiger partial charge in [-0.25, -0.2) is 9.67 Å². The van der Waals surface area contributed by atoms with Crippen molar-refractivity contribution in [3.63, 3.8) is 0 Å². The monoisotopic (exact) mass is 371 g/mol. The lowest BCUT2D eigenvalue weighted by atomic mass is 10.1. The number of rotatable bonds is 8. The lowest BCUT2D eigenvalue weighted by molar-refractivity contribution is -0.128. The minimum Gasteiger partial charge on any atom is -0.384 e. The number of nitrogens with one attached hydrogen (secondary N) is 1. The molecule has 27 heavy (non-hydrogen) atoms. The van der Waals surface area contributed by atoms with E-state index in [1.54, 1.807) is 7.11 Å². The first kappa shape index (κ1) is 19.5. The summed E-state index contributed by atoms with van der Waals surface area (Å²) in [6.07, 6.45) is 1.23. The van der Waals surface area contributed by atoms with Gasteiger partial charge in [0.05, 0.1) is 19.2 Å². The Bertz CT molecular complexity index is 756. The number of carbonyl (C=O) groups is 1. The first-order chi connectivity index (χ1) is 13.1. The van der Waals surface area contributed by atoms with Crippen molar-refractivity contribution >= 4 is 5.91 Å². The number of ether oxygens (including phenoxy) is 1. The van der Waals surface area contributed by atoms with Crippen LogP contribution in [0.1, 0.15) is 29.7 Å². The molecule has 2 heterocycles. The van der Waals surface area contributed by atoms with Crippen LogP contribution in [0.3, 0.4) is 0 Å². The van der Waals surface area contributed by atoms with Crippen LogP contribution in [0, 0.1) is 6.92 Å². The average molecular weight is 371 g/mol. The van der Waals surface area contributed by atoms with Crippen LogP contribution < -0.4 is 5.32 Å². The highest BCUT2D eigenvalue weighted by atomic mass is 16.5. The summed E-state index contributed by atoms with van der Waals surface area (Å²) in [4.78, 5) is 19.4. The fourth-order valence-corrected chi connectivity index (χ4v) is 3.40. The summed E-state index contributed by atoms with van der Waals surface area (Å²) in [5.74, 6) is 1.69. The number of hydrogen-bond acceptors (Lipinski definition) is 5. The van der Waals surface area contributed by atoms with Gasteiger partial charge in [-0.2, -0.15) is 5.10 Å². The molecule has 1 aromatic carbocycles. The maximum absolute atomic E-state index is 12.4. The third kappa shape index (κ3) is 4.93.